The van der Waals surface area contributed by atoms with Crippen LogP contribution in [-0.2, 0) is 6.42 Å². The van der Waals surface area contributed by atoms with E-state index in [1.54, 1.807) is 0 Å². The van der Waals surface area contributed by atoms with Gasteiger partial charge in [0.15, 0.2) is 0 Å². The summed E-state index contributed by atoms with van der Waals surface area (Å²) in [5.41, 5.74) is 9.82. The molecule has 5 heteroatoms. The normalized spacial score (nSPS) is 12.7. The topological polar surface area (TPSA) is 43.8 Å². The maximum Gasteiger partial charge on any atom is 0.0848 e. The smallest absolute Gasteiger partial charge is 0.0848 e. The molecule has 2 rings (SSSR count). The zero-order valence-electron chi connectivity index (χ0n) is 11.2. The van der Waals surface area contributed by atoms with E-state index < -0.39 is 0 Å². The van der Waals surface area contributed by atoms with Crippen LogP contribution in [0.15, 0.2) is 22.7 Å². The van der Waals surface area contributed by atoms with Gasteiger partial charge in [-0.1, -0.05) is 33.6 Å². The lowest BCUT2D eigenvalue weighted by molar-refractivity contribution is 0.735. The minimum Gasteiger partial charge on any atom is -0.328 e. The van der Waals surface area contributed by atoms with Gasteiger partial charge in [-0.25, -0.2) is 4.68 Å². The molecule has 3 nitrogen and oxygen atoms in total. The first-order valence-corrected chi connectivity index (χ1v) is 7.33. The zero-order valence-corrected chi connectivity index (χ0v) is 13.6. The lowest BCUT2D eigenvalue weighted by atomic mass is 10.1. The molecule has 0 radical (unpaired) electrons. The lowest BCUT2D eigenvalue weighted by Gasteiger charge is -2.10. The van der Waals surface area contributed by atoms with Gasteiger partial charge in [0.05, 0.1) is 22.1 Å². The van der Waals surface area contributed by atoms with Crippen LogP contribution >= 0.6 is 27.5 Å². The summed E-state index contributed by atoms with van der Waals surface area (Å²) in [5.74, 6) is 0. The Morgan fingerprint density at radius 1 is 1.42 bits per heavy atom. The number of aromatic nitrogens is 2. The van der Waals surface area contributed by atoms with Crippen molar-refractivity contribution in [3.05, 3.63) is 44.6 Å². The molecule has 0 saturated heterocycles. The molecule has 1 aromatic heterocycles. The molecule has 1 heterocycles. The number of hydrogen-bond donors (Lipinski definition) is 1. The zero-order chi connectivity index (χ0) is 14.2. The Labute approximate surface area is 126 Å². The number of nitrogens with zero attached hydrogens (tertiary/aromatic N) is 2. The largest absolute Gasteiger partial charge is 0.328 e. The Kier molecular flexibility index (Phi) is 4.33. The van der Waals surface area contributed by atoms with E-state index in [0.29, 0.717) is 0 Å². The Morgan fingerprint density at radius 2 is 2.11 bits per heavy atom. The Bertz CT molecular complexity index is 605. The summed E-state index contributed by atoms with van der Waals surface area (Å²) in [6, 6.07) is 6.31. The molecule has 0 spiro atoms. The van der Waals surface area contributed by atoms with Gasteiger partial charge in [0.2, 0.25) is 0 Å². The predicted octanol–water partition coefficient (Wildman–Crippen LogP) is 3.79. The van der Waals surface area contributed by atoms with E-state index >= 15 is 0 Å². The lowest BCUT2D eigenvalue weighted by Crippen LogP contribution is -2.18. The SMILES string of the molecule is Cc1nn(-c2ccc(CC(C)N)c(Br)c2)c(C)c1Cl. The molecule has 0 saturated carbocycles. The third-order valence-corrected chi connectivity index (χ3v) is 4.31. The van der Waals surface area contributed by atoms with Crippen LogP contribution in [0.2, 0.25) is 5.02 Å². The third-order valence-electron chi connectivity index (χ3n) is 3.03. The quantitative estimate of drug-likeness (QED) is 0.922. The first-order chi connectivity index (χ1) is 8.90. The highest BCUT2D eigenvalue weighted by atomic mass is 79.9. The van der Waals surface area contributed by atoms with E-state index in [1.807, 2.05) is 37.6 Å². The minimum absolute atomic E-state index is 0.144. The predicted molar refractivity (Wildman–Crippen MR) is 83.1 cm³/mol. The molecular formula is C14H17BrClN3. The Hall–Kier alpha value is -0.840. The summed E-state index contributed by atoms with van der Waals surface area (Å²) in [7, 11) is 0. The van der Waals surface area contributed by atoms with Crippen LogP contribution in [0.3, 0.4) is 0 Å². The first-order valence-electron chi connectivity index (χ1n) is 6.16. The molecule has 0 fully saturated rings. The van der Waals surface area contributed by atoms with E-state index in [1.165, 1.54) is 5.56 Å². The molecule has 1 atom stereocenters. The molecule has 19 heavy (non-hydrogen) atoms. The second kappa shape index (κ2) is 5.65. The fourth-order valence-electron chi connectivity index (χ4n) is 2.06. The molecule has 0 aliphatic carbocycles. The van der Waals surface area contributed by atoms with Crippen molar-refractivity contribution in [2.75, 3.05) is 0 Å². The van der Waals surface area contributed by atoms with Crippen molar-refractivity contribution in [2.24, 2.45) is 5.73 Å². The highest BCUT2D eigenvalue weighted by molar-refractivity contribution is 9.10. The van der Waals surface area contributed by atoms with Gasteiger partial charge in [-0.05, 0) is 44.9 Å². The van der Waals surface area contributed by atoms with E-state index in [0.717, 1.165) is 33.0 Å². The number of halogens is 2. The van der Waals surface area contributed by atoms with E-state index in [9.17, 15) is 0 Å². The molecule has 0 amide bonds. The number of nitrogens with two attached hydrogens (primary N) is 1. The third kappa shape index (κ3) is 3.02. The number of rotatable bonds is 3. The van der Waals surface area contributed by atoms with E-state index in [2.05, 4.69) is 27.1 Å². The molecule has 1 unspecified atom stereocenters. The molecule has 0 bridgehead atoms. The van der Waals surface area contributed by atoms with Gasteiger partial charge in [-0.3, -0.25) is 0 Å². The van der Waals surface area contributed by atoms with Gasteiger partial charge in [-0.15, -0.1) is 0 Å². The van der Waals surface area contributed by atoms with Crippen LogP contribution in [0.25, 0.3) is 5.69 Å². The second-order valence-corrected chi connectivity index (χ2v) is 6.09. The monoisotopic (exact) mass is 341 g/mol. The van der Waals surface area contributed by atoms with Gasteiger partial charge in [0, 0.05) is 10.5 Å². The van der Waals surface area contributed by atoms with E-state index in [-0.39, 0.29) is 6.04 Å². The minimum atomic E-state index is 0.144. The van der Waals surface area contributed by atoms with Crippen LogP contribution in [0, 0.1) is 13.8 Å². The van der Waals surface area contributed by atoms with Gasteiger partial charge in [-0.2, -0.15) is 5.10 Å². The molecule has 102 valence electrons. The number of benzene rings is 1. The highest BCUT2D eigenvalue weighted by Gasteiger charge is 2.12. The molecule has 2 aromatic rings. The summed E-state index contributed by atoms with van der Waals surface area (Å²) in [4.78, 5) is 0. The van der Waals surface area contributed by atoms with Crippen LogP contribution in [0.5, 0.6) is 0 Å². The van der Waals surface area contributed by atoms with Gasteiger partial charge in [0.1, 0.15) is 0 Å². The van der Waals surface area contributed by atoms with Crippen molar-refractivity contribution in [2.45, 2.75) is 33.2 Å². The summed E-state index contributed by atoms with van der Waals surface area (Å²) in [6.07, 6.45) is 0.846. The van der Waals surface area contributed by atoms with Crippen molar-refractivity contribution in [3.63, 3.8) is 0 Å². The average Bonchev–Trinajstić information content (AvgIpc) is 2.59. The summed E-state index contributed by atoms with van der Waals surface area (Å²) in [6.45, 7) is 5.87. The van der Waals surface area contributed by atoms with Crippen LogP contribution in [-0.4, -0.2) is 15.8 Å². The van der Waals surface area contributed by atoms with Crippen molar-refractivity contribution >= 4 is 27.5 Å². The summed E-state index contributed by atoms with van der Waals surface area (Å²) < 4.78 is 2.91. The number of hydrogen-bond acceptors (Lipinski definition) is 2. The summed E-state index contributed by atoms with van der Waals surface area (Å²) >= 11 is 9.77. The maximum absolute atomic E-state index is 6.18. The molecule has 0 aliphatic heterocycles. The highest BCUT2D eigenvalue weighted by Crippen LogP contribution is 2.26. The first kappa shape index (κ1) is 14.6. The fraction of sp³-hybridized carbons (Fsp3) is 0.357. The van der Waals surface area contributed by atoms with Gasteiger partial charge in [0.25, 0.3) is 0 Å². The molecule has 1 aromatic carbocycles. The van der Waals surface area contributed by atoms with Gasteiger partial charge < -0.3 is 5.73 Å². The second-order valence-electron chi connectivity index (χ2n) is 4.85. The van der Waals surface area contributed by atoms with Crippen molar-refractivity contribution in [3.8, 4) is 5.69 Å². The van der Waals surface area contributed by atoms with Crippen LogP contribution in [0.4, 0.5) is 0 Å². The van der Waals surface area contributed by atoms with Crippen LogP contribution in [0.1, 0.15) is 23.9 Å². The van der Waals surface area contributed by atoms with Crippen LogP contribution < -0.4 is 5.73 Å². The van der Waals surface area contributed by atoms with Gasteiger partial charge >= 0.3 is 0 Å². The molecular weight excluding hydrogens is 326 g/mol. The maximum atomic E-state index is 6.18. The molecule has 0 aliphatic rings. The standard InChI is InChI=1S/C14H17BrClN3/c1-8(17)6-11-4-5-12(7-13(11)15)19-10(3)14(16)9(2)18-19/h4-5,7-8H,6,17H2,1-3H3. The van der Waals surface area contributed by atoms with Crippen molar-refractivity contribution < 1.29 is 0 Å². The molecule has 2 N–H and O–H groups in total. The van der Waals surface area contributed by atoms with Crippen molar-refractivity contribution in [1.82, 2.24) is 9.78 Å². The fourth-order valence-corrected chi connectivity index (χ4v) is 2.70. The average molecular weight is 343 g/mol. The Balaban J connectivity index is 2.41. The van der Waals surface area contributed by atoms with E-state index in [4.69, 9.17) is 17.3 Å². The Morgan fingerprint density at radius 3 is 2.58 bits per heavy atom. The number of aryl methyl sites for hydroxylation is 1. The summed E-state index contributed by atoms with van der Waals surface area (Å²) in [5, 5.41) is 5.17. The van der Waals surface area contributed by atoms with Crippen molar-refractivity contribution in [1.29, 1.82) is 0 Å².